The zero-order valence-electron chi connectivity index (χ0n) is 9.44. The summed E-state index contributed by atoms with van der Waals surface area (Å²) in [5.41, 5.74) is 0.0290. The summed E-state index contributed by atoms with van der Waals surface area (Å²) in [6, 6.07) is 1.20. The number of carbonyl (C=O) groups excluding carboxylic acids is 1. The molecule has 0 aliphatic rings. The smallest absolute Gasteiger partial charge is 0.405 e. The van der Waals surface area contributed by atoms with Crippen LogP contribution in [0, 0.1) is 0 Å². The molecule has 0 fully saturated rings. The molecule has 0 saturated carbocycles. The number of aromatic nitrogens is 1. The van der Waals surface area contributed by atoms with Gasteiger partial charge in [-0.05, 0) is 12.1 Å². The summed E-state index contributed by atoms with van der Waals surface area (Å²) in [6.07, 6.45) is -0.266. The molecule has 8 heteroatoms. The van der Waals surface area contributed by atoms with Gasteiger partial charge in [-0.2, -0.15) is 13.2 Å². The number of carboxylic acid groups (broad SMARTS) is 1. The zero-order chi connectivity index (χ0) is 14.5. The van der Waals surface area contributed by atoms with Crippen molar-refractivity contribution in [3.8, 4) is 0 Å². The lowest BCUT2D eigenvalue weighted by Gasteiger charge is -2.09. The van der Waals surface area contributed by atoms with Crippen molar-refractivity contribution in [2.24, 2.45) is 0 Å². The highest BCUT2D eigenvalue weighted by Gasteiger charge is 2.28. The van der Waals surface area contributed by atoms with Crippen molar-refractivity contribution in [2.75, 3.05) is 6.54 Å². The Labute approximate surface area is 105 Å². The van der Waals surface area contributed by atoms with Gasteiger partial charge in [-0.1, -0.05) is 0 Å². The van der Waals surface area contributed by atoms with Gasteiger partial charge in [0.2, 0.25) is 0 Å². The van der Waals surface area contributed by atoms with Crippen LogP contribution in [0.5, 0.6) is 0 Å². The van der Waals surface area contributed by atoms with Gasteiger partial charge >= 0.3 is 12.1 Å². The molecular weight excluding hydrogens is 265 g/mol. The summed E-state index contributed by atoms with van der Waals surface area (Å²) in [5.74, 6) is -2.20. The molecule has 19 heavy (non-hydrogen) atoms. The molecule has 102 valence electrons. The van der Waals surface area contributed by atoms with Crippen LogP contribution in [0.25, 0.3) is 6.08 Å². The molecule has 0 unspecified atom stereocenters. The van der Waals surface area contributed by atoms with E-state index in [1.165, 1.54) is 18.5 Å². The molecule has 0 bridgehead atoms. The third kappa shape index (κ3) is 5.19. The fourth-order valence-corrected chi connectivity index (χ4v) is 1.18. The number of amides is 1. The first kappa shape index (κ1) is 14.7. The minimum absolute atomic E-state index is 0.0863. The van der Waals surface area contributed by atoms with Gasteiger partial charge in [-0.25, -0.2) is 4.79 Å². The summed E-state index contributed by atoms with van der Waals surface area (Å²) in [6.45, 7) is -1.46. The van der Waals surface area contributed by atoms with Crippen LogP contribution >= 0.6 is 0 Å². The largest absolute Gasteiger partial charge is 0.478 e. The molecule has 0 aromatic carbocycles. The average Bonchev–Trinajstić information content (AvgIpc) is 2.33. The first-order chi connectivity index (χ1) is 8.79. The van der Waals surface area contributed by atoms with E-state index in [2.05, 4.69) is 4.98 Å². The summed E-state index contributed by atoms with van der Waals surface area (Å²) in [5, 5.41) is 10.2. The van der Waals surface area contributed by atoms with Crippen molar-refractivity contribution in [1.29, 1.82) is 0 Å². The number of hydrogen-bond donors (Lipinski definition) is 2. The Morgan fingerprint density at radius 3 is 2.68 bits per heavy atom. The topological polar surface area (TPSA) is 79.3 Å². The van der Waals surface area contributed by atoms with E-state index >= 15 is 0 Å². The fraction of sp³-hybridized carbons (Fsp3) is 0.182. The maximum absolute atomic E-state index is 12.0. The maximum atomic E-state index is 12.0. The number of alkyl halides is 3. The Bertz CT molecular complexity index is 512. The molecule has 0 saturated heterocycles. The first-order valence-corrected chi connectivity index (χ1v) is 4.99. The van der Waals surface area contributed by atoms with Gasteiger partial charge in [-0.3, -0.25) is 9.78 Å². The lowest BCUT2D eigenvalue weighted by atomic mass is 10.1. The normalized spacial score (nSPS) is 11.5. The molecule has 0 atom stereocenters. The minimum Gasteiger partial charge on any atom is -0.478 e. The third-order valence-corrected chi connectivity index (χ3v) is 1.95. The van der Waals surface area contributed by atoms with Crippen molar-refractivity contribution < 1.29 is 27.9 Å². The molecule has 1 aromatic heterocycles. The number of halogens is 3. The molecule has 0 spiro atoms. The van der Waals surface area contributed by atoms with Gasteiger partial charge in [0, 0.05) is 29.6 Å². The summed E-state index contributed by atoms with van der Waals surface area (Å²) in [7, 11) is 0. The van der Waals surface area contributed by atoms with Crippen LogP contribution in [-0.2, 0) is 4.79 Å². The fourth-order valence-electron chi connectivity index (χ4n) is 1.18. The highest BCUT2D eigenvalue weighted by Crippen LogP contribution is 2.14. The second-order valence-corrected chi connectivity index (χ2v) is 3.43. The van der Waals surface area contributed by atoms with Crippen LogP contribution in [0.2, 0.25) is 0 Å². The molecule has 1 rings (SSSR count). The van der Waals surface area contributed by atoms with Crippen molar-refractivity contribution in [3.05, 3.63) is 35.7 Å². The van der Waals surface area contributed by atoms with Crippen molar-refractivity contribution in [1.82, 2.24) is 10.3 Å². The number of nitrogens with one attached hydrogen (secondary N) is 1. The number of aliphatic carboxylic acids is 1. The quantitative estimate of drug-likeness (QED) is 0.815. The van der Waals surface area contributed by atoms with Crippen molar-refractivity contribution in [3.63, 3.8) is 0 Å². The molecule has 0 aliphatic carbocycles. The predicted molar refractivity (Wildman–Crippen MR) is 59.3 cm³/mol. The Morgan fingerprint density at radius 1 is 1.42 bits per heavy atom. The number of hydrogen-bond acceptors (Lipinski definition) is 3. The van der Waals surface area contributed by atoms with Gasteiger partial charge in [0.1, 0.15) is 6.54 Å². The van der Waals surface area contributed by atoms with Crippen LogP contribution in [0.1, 0.15) is 15.9 Å². The zero-order valence-corrected chi connectivity index (χ0v) is 9.44. The van der Waals surface area contributed by atoms with Crippen LogP contribution in [0.15, 0.2) is 24.5 Å². The molecule has 1 amide bonds. The summed E-state index contributed by atoms with van der Waals surface area (Å²) >= 11 is 0. The van der Waals surface area contributed by atoms with E-state index in [0.717, 1.165) is 12.2 Å². The molecule has 5 nitrogen and oxygen atoms in total. The van der Waals surface area contributed by atoms with Crippen LogP contribution in [0.4, 0.5) is 13.2 Å². The maximum Gasteiger partial charge on any atom is 0.405 e. The molecule has 1 aromatic rings. The monoisotopic (exact) mass is 274 g/mol. The van der Waals surface area contributed by atoms with E-state index in [4.69, 9.17) is 5.11 Å². The molecule has 2 N–H and O–H groups in total. The van der Waals surface area contributed by atoms with Gasteiger partial charge < -0.3 is 10.4 Å². The minimum atomic E-state index is -4.51. The highest BCUT2D eigenvalue weighted by atomic mass is 19.4. The van der Waals surface area contributed by atoms with E-state index in [-0.39, 0.29) is 11.1 Å². The molecular formula is C11H9F3N2O3. The van der Waals surface area contributed by atoms with E-state index in [1.54, 1.807) is 5.32 Å². The Balaban J connectivity index is 2.88. The van der Waals surface area contributed by atoms with E-state index in [0.29, 0.717) is 0 Å². The number of nitrogens with zero attached hydrogens (tertiary/aromatic N) is 1. The highest BCUT2D eigenvalue weighted by molar-refractivity contribution is 5.98. The van der Waals surface area contributed by atoms with Crippen LogP contribution < -0.4 is 5.32 Å². The average molecular weight is 274 g/mol. The molecule has 0 radical (unpaired) electrons. The number of pyridine rings is 1. The number of carboxylic acids is 1. The van der Waals surface area contributed by atoms with Crippen molar-refractivity contribution in [2.45, 2.75) is 6.18 Å². The molecule has 0 aliphatic heterocycles. The SMILES string of the molecule is O=C(O)C=Cc1cnccc1C(=O)NCC(F)(F)F. The van der Waals surface area contributed by atoms with Crippen LogP contribution in [-0.4, -0.2) is 34.7 Å². The van der Waals surface area contributed by atoms with Crippen LogP contribution in [0.3, 0.4) is 0 Å². The Kier molecular flexibility index (Phi) is 4.62. The second kappa shape index (κ2) is 5.98. The van der Waals surface area contributed by atoms with E-state index in [1.807, 2.05) is 0 Å². The lowest BCUT2D eigenvalue weighted by molar-refractivity contribution is -0.131. The predicted octanol–water partition coefficient (Wildman–Crippen LogP) is 1.47. The Hall–Kier alpha value is -2.38. The number of rotatable bonds is 4. The first-order valence-electron chi connectivity index (χ1n) is 4.99. The second-order valence-electron chi connectivity index (χ2n) is 3.43. The summed E-state index contributed by atoms with van der Waals surface area (Å²) in [4.78, 5) is 25.6. The van der Waals surface area contributed by atoms with E-state index in [9.17, 15) is 22.8 Å². The van der Waals surface area contributed by atoms with Gasteiger partial charge in [0.05, 0.1) is 0 Å². The summed E-state index contributed by atoms with van der Waals surface area (Å²) < 4.78 is 35.9. The number of carbonyl (C=O) groups is 2. The van der Waals surface area contributed by atoms with Gasteiger partial charge in [-0.15, -0.1) is 0 Å². The van der Waals surface area contributed by atoms with E-state index < -0.39 is 24.6 Å². The lowest BCUT2D eigenvalue weighted by Crippen LogP contribution is -2.34. The molecule has 1 heterocycles. The van der Waals surface area contributed by atoms with Crippen molar-refractivity contribution >= 4 is 18.0 Å². The Morgan fingerprint density at radius 2 is 2.11 bits per heavy atom. The standard InChI is InChI=1S/C11H9F3N2O3/c12-11(13,14)6-16-10(19)8-3-4-15-5-7(8)1-2-9(17)18/h1-5H,6H2,(H,16,19)(H,17,18). The van der Waals surface area contributed by atoms with Gasteiger partial charge in [0.15, 0.2) is 0 Å². The third-order valence-electron chi connectivity index (χ3n) is 1.95. The van der Waals surface area contributed by atoms with Gasteiger partial charge in [0.25, 0.3) is 5.91 Å².